The van der Waals surface area contributed by atoms with Crippen LogP contribution in [0.15, 0.2) is 46.9 Å². The van der Waals surface area contributed by atoms with Gasteiger partial charge in [-0.1, -0.05) is 24.3 Å². The lowest BCUT2D eigenvalue weighted by Gasteiger charge is -2.33. The predicted octanol–water partition coefficient (Wildman–Crippen LogP) is 2.38. The number of hydrogen-bond acceptors (Lipinski definition) is 6. The van der Waals surface area contributed by atoms with E-state index in [2.05, 4.69) is 21.9 Å². The van der Waals surface area contributed by atoms with E-state index in [9.17, 15) is 9.90 Å². The van der Waals surface area contributed by atoms with Crippen LogP contribution in [0.5, 0.6) is 5.75 Å². The molecule has 1 amide bonds. The number of carbonyl (C=O) groups is 1. The van der Waals surface area contributed by atoms with Gasteiger partial charge < -0.3 is 10.0 Å². The zero-order valence-corrected chi connectivity index (χ0v) is 16.2. The summed E-state index contributed by atoms with van der Waals surface area (Å²) in [5.74, 6) is 0.196. The number of phenolic OH excluding ortho intramolecular Hbond substituents is 1. The third-order valence-electron chi connectivity index (χ3n) is 5.22. The van der Waals surface area contributed by atoms with E-state index in [0.717, 1.165) is 42.3 Å². The van der Waals surface area contributed by atoms with Crippen LogP contribution in [0.4, 0.5) is 0 Å². The third-order valence-corrected chi connectivity index (χ3v) is 6.14. The fourth-order valence-electron chi connectivity index (χ4n) is 3.61. The van der Waals surface area contributed by atoms with Gasteiger partial charge in [0.2, 0.25) is 0 Å². The van der Waals surface area contributed by atoms with Gasteiger partial charge in [0.15, 0.2) is 0 Å². The normalized spacial score (nSPS) is 21.4. The Morgan fingerprint density at radius 1 is 1.19 bits per heavy atom. The highest BCUT2D eigenvalue weighted by atomic mass is 32.1. The number of likely N-dealkylation sites (N-methyl/N-ethyl adjacent to an activating group) is 1. The topological polar surface area (TPSA) is 59.4 Å². The quantitative estimate of drug-likeness (QED) is 0.879. The van der Waals surface area contributed by atoms with E-state index in [4.69, 9.17) is 0 Å². The van der Waals surface area contributed by atoms with E-state index >= 15 is 0 Å². The molecule has 1 fully saturated rings. The molecule has 2 aliphatic rings. The van der Waals surface area contributed by atoms with Crippen LogP contribution in [0.1, 0.15) is 22.9 Å². The second-order valence-electron chi connectivity index (χ2n) is 7.12. The molecule has 7 heteroatoms. The minimum atomic E-state index is -0.261. The maximum Gasteiger partial charge on any atom is 0.257 e. The van der Waals surface area contributed by atoms with Crippen LogP contribution in [0.2, 0.25) is 0 Å². The standard InChI is InChI=1S/C20H24N4O2S/c1-22-8-10-23(11-9-22)14-20(26)24-17(15-5-2-3-6-18(15)25)13-16(21-24)19-7-4-12-27-19/h2-7,12,17,25H,8-11,13-14H2,1H3/t17-/m0/s1. The summed E-state index contributed by atoms with van der Waals surface area (Å²) in [4.78, 5) is 18.6. The number of rotatable bonds is 4. The highest BCUT2D eigenvalue weighted by Crippen LogP contribution is 2.37. The summed E-state index contributed by atoms with van der Waals surface area (Å²) in [5.41, 5.74) is 1.66. The number of phenols is 1. The molecule has 1 atom stereocenters. The lowest BCUT2D eigenvalue weighted by molar-refractivity contribution is -0.134. The van der Waals surface area contributed by atoms with Crippen molar-refractivity contribution in [2.45, 2.75) is 12.5 Å². The zero-order valence-electron chi connectivity index (χ0n) is 15.4. The smallest absolute Gasteiger partial charge is 0.257 e. The van der Waals surface area contributed by atoms with Crippen molar-refractivity contribution in [3.63, 3.8) is 0 Å². The van der Waals surface area contributed by atoms with Crippen molar-refractivity contribution in [1.29, 1.82) is 0 Å². The largest absolute Gasteiger partial charge is 0.508 e. The molecule has 4 rings (SSSR count). The lowest BCUT2D eigenvalue weighted by Crippen LogP contribution is -2.48. The summed E-state index contributed by atoms with van der Waals surface area (Å²) < 4.78 is 0. The van der Waals surface area contributed by atoms with Crippen molar-refractivity contribution in [1.82, 2.24) is 14.8 Å². The summed E-state index contributed by atoms with van der Waals surface area (Å²) in [6, 6.07) is 11.0. The molecule has 2 aliphatic heterocycles. The Morgan fingerprint density at radius 2 is 1.96 bits per heavy atom. The molecule has 0 saturated carbocycles. The van der Waals surface area contributed by atoms with Gasteiger partial charge in [0.05, 0.1) is 23.2 Å². The van der Waals surface area contributed by atoms with Crippen LogP contribution in [-0.4, -0.2) is 71.3 Å². The zero-order chi connectivity index (χ0) is 18.8. The Balaban J connectivity index is 1.57. The number of para-hydroxylation sites is 1. The number of aromatic hydroxyl groups is 1. The first kappa shape index (κ1) is 18.2. The van der Waals surface area contributed by atoms with Crippen LogP contribution in [0.3, 0.4) is 0 Å². The predicted molar refractivity (Wildman–Crippen MR) is 107 cm³/mol. The summed E-state index contributed by atoms with van der Waals surface area (Å²) in [5, 5.41) is 18.6. The van der Waals surface area contributed by atoms with Gasteiger partial charge in [0, 0.05) is 38.2 Å². The molecule has 27 heavy (non-hydrogen) atoms. The van der Waals surface area contributed by atoms with Gasteiger partial charge >= 0.3 is 0 Å². The van der Waals surface area contributed by atoms with Gasteiger partial charge in [0.25, 0.3) is 5.91 Å². The minimum Gasteiger partial charge on any atom is -0.508 e. The molecule has 1 aromatic heterocycles. The minimum absolute atomic E-state index is 0.0145. The van der Waals surface area contributed by atoms with Crippen LogP contribution >= 0.6 is 11.3 Å². The molecule has 6 nitrogen and oxygen atoms in total. The molecule has 0 radical (unpaired) electrons. The Morgan fingerprint density at radius 3 is 2.67 bits per heavy atom. The number of thiophene rings is 1. The molecule has 0 unspecified atom stereocenters. The SMILES string of the molecule is CN1CCN(CC(=O)N2N=C(c3cccs3)C[C@H]2c2ccccc2O)CC1. The molecule has 1 saturated heterocycles. The van der Waals surface area contributed by atoms with Crippen LogP contribution in [0.25, 0.3) is 0 Å². The monoisotopic (exact) mass is 384 g/mol. The third kappa shape index (κ3) is 3.90. The Bertz CT molecular complexity index is 828. The Hall–Kier alpha value is -2.22. The van der Waals surface area contributed by atoms with Gasteiger partial charge in [-0.15, -0.1) is 11.3 Å². The van der Waals surface area contributed by atoms with Crippen LogP contribution in [0, 0.1) is 0 Å². The number of hydrogen-bond donors (Lipinski definition) is 1. The molecule has 0 spiro atoms. The van der Waals surface area contributed by atoms with Crippen molar-refractivity contribution in [3.05, 3.63) is 52.2 Å². The molecule has 1 N–H and O–H groups in total. The van der Waals surface area contributed by atoms with E-state index in [1.807, 2.05) is 29.6 Å². The highest BCUT2D eigenvalue weighted by molar-refractivity contribution is 7.12. The summed E-state index contributed by atoms with van der Waals surface area (Å²) >= 11 is 1.62. The van der Waals surface area contributed by atoms with E-state index in [0.29, 0.717) is 13.0 Å². The molecule has 0 bridgehead atoms. The van der Waals surface area contributed by atoms with Gasteiger partial charge in [-0.3, -0.25) is 9.69 Å². The second kappa shape index (κ2) is 7.80. The van der Waals surface area contributed by atoms with Crippen LogP contribution < -0.4 is 0 Å². The van der Waals surface area contributed by atoms with E-state index in [-0.39, 0.29) is 17.7 Å². The van der Waals surface area contributed by atoms with Crippen LogP contribution in [-0.2, 0) is 4.79 Å². The van der Waals surface area contributed by atoms with E-state index in [1.165, 1.54) is 0 Å². The molecule has 3 heterocycles. The number of benzene rings is 1. The highest BCUT2D eigenvalue weighted by Gasteiger charge is 2.35. The van der Waals surface area contributed by atoms with Crippen molar-refractivity contribution in [2.24, 2.45) is 5.10 Å². The summed E-state index contributed by atoms with van der Waals surface area (Å²) in [7, 11) is 2.10. The first-order chi connectivity index (χ1) is 13.1. The van der Waals surface area contributed by atoms with Gasteiger partial charge in [0.1, 0.15) is 5.75 Å². The fraction of sp³-hybridized carbons (Fsp3) is 0.400. The van der Waals surface area contributed by atoms with Gasteiger partial charge in [-0.05, 0) is 24.6 Å². The average molecular weight is 385 g/mol. The molecule has 1 aromatic carbocycles. The molecule has 142 valence electrons. The molecular formula is C20H24N4O2S. The molecule has 0 aliphatic carbocycles. The second-order valence-corrected chi connectivity index (χ2v) is 8.07. The lowest BCUT2D eigenvalue weighted by atomic mass is 10.00. The number of carbonyl (C=O) groups excluding carboxylic acids is 1. The van der Waals surface area contributed by atoms with Crippen molar-refractivity contribution in [2.75, 3.05) is 39.8 Å². The van der Waals surface area contributed by atoms with Crippen molar-refractivity contribution < 1.29 is 9.90 Å². The number of hydrazone groups is 1. The first-order valence-electron chi connectivity index (χ1n) is 9.24. The average Bonchev–Trinajstić information content (AvgIpc) is 3.33. The van der Waals surface area contributed by atoms with Gasteiger partial charge in [-0.2, -0.15) is 5.10 Å². The Labute approximate surface area is 163 Å². The first-order valence-corrected chi connectivity index (χ1v) is 10.1. The summed E-state index contributed by atoms with van der Waals surface area (Å²) in [6.07, 6.45) is 0.618. The van der Waals surface area contributed by atoms with Gasteiger partial charge in [-0.25, -0.2) is 5.01 Å². The maximum absolute atomic E-state index is 13.1. The number of nitrogens with zero attached hydrogens (tertiary/aromatic N) is 4. The maximum atomic E-state index is 13.1. The van der Waals surface area contributed by atoms with Crippen molar-refractivity contribution in [3.8, 4) is 5.75 Å². The Kier molecular flexibility index (Phi) is 5.24. The molecular weight excluding hydrogens is 360 g/mol. The summed E-state index contributed by atoms with van der Waals surface area (Å²) in [6.45, 7) is 4.08. The molecule has 2 aromatic rings. The number of amides is 1. The van der Waals surface area contributed by atoms with E-state index in [1.54, 1.807) is 28.5 Å². The van der Waals surface area contributed by atoms with Crippen molar-refractivity contribution >= 4 is 23.0 Å². The number of piperazine rings is 1. The van der Waals surface area contributed by atoms with E-state index < -0.39 is 0 Å². The fourth-order valence-corrected chi connectivity index (χ4v) is 4.33.